The monoisotopic (exact) mass is 122 g/mol. The van der Waals surface area contributed by atoms with Crippen LogP contribution in [0, 0.1) is 0 Å². The van der Waals surface area contributed by atoms with Crippen molar-refractivity contribution in [3.8, 4) is 0 Å². The molecule has 0 amide bonds. The van der Waals surface area contributed by atoms with Crippen molar-refractivity contribution < 1.29 is 34.7 Å². The van der Waals surface area contributed by atoms with E-state index in [0.717, 1.165) is 19.3 Å². The van der Waals surface area contributed by atoms with Crippen LogP contribution < -0.4 is 34.7 Å². The van der Waals surface area contributed by atoms with Crippen LogP contribution in [0.2, 0.25) is 0 Å². The maximum Gasteiger partial charge on any atom is 1.00 e. The molecule has 0 radical (unpaired) electrons. The third-order valence-electron chi connectivity index (χ3n) is 0.803. The van der Waals surface area contributed by atoms with Crippen molar-refractivity contribution in [3.63, 3.8) is 0 Å². The molecule has 1 nitrogen and oxygen atoms in total. The first-order chi connectivity index (χ1) is 3.41. The Kier molecular flexibility index (Phi) is 15.3. The predicted molar refractivity (Wildman–Crippen MR) is 28.9 cm³/mol. The Bertz CT molecular complexity index is 45.8. The summed E-state index contributed by atoms with van der Waals surface area (Å²) in [5.41, 5.74) is 0. The zero-order valence-corrected chi connectivity index (χ0v) is 7.52. The second kappa shape index (κ2) is 10.6. The zero-order chi connectivity index (χ0) is 5.54. The van der Waals surface area contributed by atoms with Crippen LogP contribution in [0.15, 0.2) is 12.7 Å². The van der Waals surface area contributed by atoms with Gasteiger partial charge in [0.15, 0.2) is 0 Å². The quantitative estimate of drug-likeness (QED) is 0.234. The van der Waals surface area contributed by atoms with Crippen molar-refractivity contribution in [3.05, 3.63) is 12.7 Å². The van der Waals surface area contributed by atoms with Crippen LogP contribution in [-0.4, -0.2) is 6.61 Å². The average Bonchev–Trinajstić information content (AvgIpc) is 1.69. The van der Waals surface area contributed by atoms with Gasteiger partial charge < -0.3 is 5.11 Å². The summed E-state index contributed by atoms with van der Waals surface area (Å²) >= 11 is 0. The van der Waals surface area contributed by atoms with Crippen molar-refractivity contribution in [1.29, 1.82) is 0 Å². The minimum absolute atomic E-state index is 0. The SMILES string of the molecule is C=CCCCC[O-].[Na+]. The Balaban J connectivity index is 0. The zero-order valence-electron chi connectivity index (χ0n) is 5.52. The molecule has 0 N–H and O–H groups in total. The molecule has 0 heterocycles. The molecule has 42 valence electrons. The molecule has 2 heteroatoms. The first-order valence-corrected chi connectivity index (χ1v) is 2.61. The van der Waals surface area contributed by atoms with Gasteiger partial charge in [0.25, 0.3) is 0 Å². The van der Waals surface area contributed by atoms with Gasteiger partial charge in [0.05, 0.1) is 0 Å². The van der Waals surface area contributed by atoms with E-state index in [1.54, 1.807) is 0 Å². The van der Waals surface area contributed by atoms with Crippen LogP contribution >= 0.6 is 0 Å². The predicted octanol–water partition coefficient (Wildman–Crippen LogP) is -2.29. The van der Waals surface area contributed by atoms with Gasteiger partial charge in [-0.3, -0.25) is 0 Å². The number of allylic oxidation sites excluding steroid dienone is 1. The van der Waals surface area contributed by atoms with Crippen LogP contribution in [0.4, 0.5) is 0 Å². The summed E-state index contributed by atoms with van der Waals surface area (Å²) in [6, 6.07) is 0. The minimum atomic E-state index is 0. The van der Waals surface area contributed by atoms with Crippen LogP contribution in [0.5, 0.6) is 0 Å². The molecule has 0 atom stereocenters. The molecule has 0 fully saturated rings. The van der Waals surface area contributed by atoms with E-state index >= 15 is 0 Å². The van der Waals surface area contributed by atoms with E-state index in [1.165, 1.54) is 0 Å². The summed E-state index contributed by atoms with van der Waals surface area (Å²) < 4.78 is 0. The van der Waals surface area contributed by atoms with E-state index in [2.05, 4.69) is 6.58 Å². The summed E-state index contributed by atoms with van der Waals surface area (Å²) in [5, 5.41) is 9.77. The van der Waals surface area contributed by atoms with Gasteiger partial charge in [0.1, 0.15) is 0 Å². The van der Waals surface area contributed by atoms with E-state index in [-0.39, 0.29) is 36.2 Å². The van der Waals surface area contributed by atoms with Gasteiger partial charge in [-0.05, 0) is 6.42 Å². The Hall–Kier alpha value is 0.700. The van der Waals surface area contributed by atoms with Crippen LogP contribution in [0.1, 0.15) is 19.3 Å². The molecule has 0 rings (SSSR count). The van der Waals surface area contributed by atoms with Gasteiger partial charge in [0.2, 0.25) is 0 Å². The van der Waals surface area contributed by atoms with E-state index < -0.39 is 0 Å². The van der Waals surface area contributed by atoms with Gasteiger partial charge in [-0.2, -0.15) is 0 Å². The second-order valence-electron chi connectivity index (χ2n) is 1.49. The molecule has 0 aromatic rings. The maximum absolute atomic E-state index is 9.77. The van der Waals surface area contributed by atoms with Crippen molar-refractivity contribution in [2.24, 2.45) is 0 Å². The molecule has 0 aromatic carbocycles. The molecular weight excluding hydrogens is 111 g/mol. The molecule has 0 spiro atoms. The van der Waals surface area contributed by atoms with E-state index in [0.29, 0.717) is 0 Å². The third-order valence-corrected chi connectivity index (χ3v) is 0.803. The topological polar surface area (TPSA) is 23.1 Å². The molecule has 0 aliphatic heterocycles. The molecule has 0 bridgehead atoms. The molecule has 0 saturated heterocycles. The summed E-state index contributed by atoms with van der Waals surface area (Å²) in [5.74, 6) is 0. The number of unbranched alkanes of at least 4 members (excludes halogenated alkanes) is 2. The van der Waals surface area contributed by atoms with Crippen LogP contribution in [-0.2, 0) is 0 Å². The van der Waals surface area contributed by atoms with E-state index in [4.69, 9.17) is 0 Å². The summed E-state index contributed by atoms with van der Waals surface area (Å²) in [4.78, 5) is 0. The van der Waals surface area contributed by atoms with Crippen molar-refractivity contribution in [2.45, 2.75) is 19.3 Å². The average molecular weight is 122 g/mol. The number of hydrogen-bond donors (Lipinski definition) is 0. The van der Waals surface area contributed by atoms with Gasteiger partial charge in [-0.15, -0.1) is 13.2 Å². The first-order valence-electron chi connectivity index (χ1n) is 2.61. The summed E-state index contributed by atoms with van der Waals surface area (Å²) in [6.07, 6.45) is 4.64. The standard InChI is InChI=1S/C6H11O.Na/c1-2-3-4-5-6-7;/h2H,1,3-6H2;/q-1;+1. The van der Waals surface area contributed by atoms with Crippen molar-refractivity contribution in [1.82, 2.24) is 0 Å². The van der Waals surface area contributed by atoms with Gasteiger partial charge in [-0.25, -0.2) is 0 Å². The number of rotatable bonds is 4. The van der Waals surface area contributed by atoms with Crippen LogP contribution in [0.25, 0.3) is 0 Å². The normalized spacial score (nSPS) is 7.62. The molecule has 0 saturated carbocycles. The summed E-state index contributed by atoms with van der Waals surface area (Å²) in [6.45, 7) is 3.59. The molecule has 8 heavy (non-hydrogen) atoms. The first kappa shape index (κ1) is 11.5. The van der Waals surface area contributed by atoms with Crippen molar-refractivity contribution >= 4 is 0 Å². The van der Waals surface area contributed by atoms with Crippen molar-refractivity contribution in [2.75, 3.05) is 6.61 Å². The largest absolute Gasteiger partial charge is 1.00 e. The van der Waals surface area contributed by atoms with Gasteiger partial charge in [0, 0.05) is 0 Å². The third kappa shape index (κ3) is 9.85. The van der Waals surface area contributed by atoms with E-state index in [1.807, 2.05) is 6.08 Å². The molecular formula is C6H11NaO. The van der Waals surface area contributed by atoms with E-state index in [9.17, 15) is 5.11 Å². The minimum Gasteiger partial charge on any atom is -0.854 e. The molecule has 0 aliphatic carbocycles. The van der Waals surface area contributed by atoms with Crippen LogP contribution in [0.3, 0.4) is 0 Å². The Morgan fingerprint density at radius 3 is 2.38 bits per heavy atom. The maximum atomic E-state index is 9.77. The van der Waals surface area contributed by atoms with Gasteiger partial charge in [-0.1, -0.05) is 18.9 Å². The molecule has 0 unspecified atom stereocenters. The van der Waals surface area contributed by atoms with Gasteiger partial charge >= 0.3 is 29.6 Å². The Morgan fingerprint density at radius 1 is 1.38 bits per heavy atom. The fourth-order valence-corrected chi connectivity index (χ4v) is 0.391. The number of hydrogen-bond acceptors (Lipinski definition) is 1. The molecule has 0 aromatic heterocycles. The fraction of sp³-hybridized carbons (Fsp3) is 0.667. The Morgan fingerprint density at radius 2 is 2.00 bits per heavy atom. The molecule has 0 aliphatic rings. The Labute approximate surface area is 73.1 Å². The fourth-order valence-electron chi connectivity index (χ4n) is 0.391. The summed E-state index contributed by atoms with van der Waals surface area (Å²) in [7, 11) is 0. The second-order valence-corrected chi connectivity index (χ2v) is 1.49. The smallest absolute Gasteiger partial charge is 0.854 e.